The summed E-state index contributed by atoms with van der Waals surface area (Å²) in [5.41, 5.74) is 0.740. The molecule has 1 fully saturated rings. The minimum Gasteiger partial charge on any atom is -0.362 e. The molecule has 0 saturated carbocycles. The molecule has 4 heteroatoms. The van der Waals surface area contributed by atoms with Crippen LogP contribution in [0, 0.1) is 5.82 Å². The molecule has 0 amide bonds. The lowest BCUT2D eigenvalue weighted by Gasteiger charge is -2.26. The van der Waals surface area contributed by atoms with E-state index >= 15 is 0 Å². The lowest BCUT2D eigenvalue weighted by atomic mass is 10.1. The van der Waals surface area contributed by atoms with Crippen molar-refractivity contribution in [2.45, 2.75) is 38.0 Å². The van der Waals surface area contributed by atoms with E-state index in [1.54, 1.807) is 17.8 Å². The highest BCUT2D eigenvalue weighted by Crippen LogP contribution is 2.22. The third-order valence-electron chi connectivity index (χ3n) is 2.96. The molecule has 0 aromatic heterocycles. The molecule has 0 bridgehead atoms. The van der Waals surface area contributed by atoms with Crippen LogP contribution in [0.4, 0.5) is 4.39 Å². The Morgan fingerprint density at radius 2 is 2.17 bits per heavy atom. The number of amidine groups is 1. The Kier molecular flexibility index (Phi) is 4.64. The zero-order chi connectivity index (χ0) is 13.0. The van der Waals surface area contributed by atoms with Gasteiger partial charge in [-0.05, 0) is 31.4 Å². The Hall–Kier alpha value is -1.03. The van der Waals surface area contributed by atoms with Crippen molar-refractivity contribution >= 4 is 16.9 Å². The molecule has 2 atom stereocenters. The van der Waals surface area contributed by atoms with Crippen LogP contribution in [-0.2, 0) is 6.42 Å². The van der Waals surface area contributed by atoms with Gasteiger partial charge in [0.15, 0.2) is 5.17 Å². The summed E-state index contributed by atoms with van der Waals surface area (Å²) in [6, 6.07) is 7.38. The van der Waals surface area contributed by atoms with Crippen LogP contribution in [0.1, 0.15) is 25.8 Å². The first-order valence-electron chi connectivity index (χ1n) is 6.36. The predicted molar refractivity (Wildman–Crippen MR) is 76.7 cm³/mol. The first-order chi connectivity index (χ1) is 8.65. The van der Waals surface area contributed by atoms with Gasteiger partial charge < -0.3 is 5.32 Å². The molecule has 2 rings (SSSR count). The summed E-state index contributed by atoms with van der Waals surface area (Å²) >= 11 is 1.77. The maximum absolute atomic E-state index is 13.4. The van der Waals surface area contributed by atoms with Crippen LogP contribution in [0.2, 0.25) is 0 Å². The van der Waals surface area contributed by atoms with E-state index in [1.807, 2.05) is 12.1 Å². The second-order valence-electron chi connectivity index (χ2n) is 4.74. The van der Waals surface area contributed by atoms with Gasteiger partial charge in [-0.25, -0.2) is 4.39 Å². The third kappa shape index (κ3) is 3.73. The standard InChI is InChI=1S/C14H19FN2S/c1-10-9-11(2)18-14(17-10)16-8-7-12-5-3-4-6-13(12)15/h3-6,10-11H,7-9H2,1-2H3,(H,16,17). The van der Waals surface area contributed by atoms with Gasteiger partial charge in [0.2, 0.25) is 0 Å². The van der Waals surface area contributed by atoms with Crippen LogP contribution < -0.4 is 5.32 Å². The van der Waals surface area contributed by atoms with Gasteiger partial charge >= 0.3 is 0 Å². The SMILES string of the molecule is CC1CC(C)SC(=NCCc2ccccc2F)N1. The number of benzene rings is 1. The predicted octanol–water partition coefficient (Wildman–Crippen LogP) is 3.23. The zero-order valence-electron chi connectivity index (χ0n) is 10.8. The van der Waals surface area contributed by atoms with E-state index in [9.17, 15) is 4.39 Å². The molecular formula is C14H19FN2S. The number of aliphatic imine (C=N–C) groups is 1. The molecule has 0 radical (unpaired) electrons. The van der Waals surface area contributed by atoms with Gasteiger partial charge in [0.05, 0.1) is 0 Å². The molecule has 0 spiro atoms. The maximum atomic E-state index is 13.4. The second kappa shape index (κ2) is 6.23. The van der Waals surface area contributed by atoms with E-state index in [4.69, 9.17) is 0 Å². The average Bonchev–Trinajstić information content (AvgIpc) is 2.30. The zero-order valence-corrected chi connectivity index (χ0v) is 11.6. The summed E-state index contributed by atoms with van der Waals surface area (Å²) in [6.45, 7) is 5.02. The molecule has 1 aliphatic heterocycles. The molecule has 18 heavy (non-hydrogen) atoms. The number of thioether (sulfide) groups is 1. The first kappa shape index (κ1) is 13.4. The van der Waals surface area contributed by atoms with Gasteiger partial charge in [-0.15, -0.1) is 0 Å². The van der Waals surface area contributed by atoms with Crippen molar-refractivity contribution < 1.29 is 4.39 Å². The fraction of sp³-hybridized carbons (Fsp3) is 0.500. The van der Waals surface area contributed by atoms with Crippen LogP contribution >= 0.6 is 11.8 Å². The van der Waals surface area contributed by atoms with Gasteiger partial charge in [0.25, 0.3) is 0 Å². The Morgan fingerprint density at radius 3 is 2.89 bits per heavy atom. The minimum absolute atomic E-state index is 0.135. The molecule has 1 heterocycles. The minimum atomic E-state index is -0.135. The van der Waals surface area contributed by atoms with Crippen molar-refractivity contribution in [3.05, 3.63) is 35.6 Å². The lowest BCUT2D eigenvalue weighted by molar-refractivity contribution is 0.596. The number of nitrogens with one attached hydrogen (secondary N) is 1. The number of nitrogens with zero attached hydrogens (tertiary/aromatic N) is 1. The number of hydrogen-bond donors (Lipinski definition) is 1. The van der Waals surface area contributed by atoms with E-state index in [-0.39, 0.29) is 5.82 Å². The second-order valence-corrected chi connectivity index (χ2v) is 6.16. The van der Waals surface area contributed by atoms with Gasteiger partial charge in [0, 0.05) is 17.8 Å². The van der Waals surface area contributed by atoms with Crippen molar-refractivity contribution in [2.75, 3.05) is 6.54 Å². The average molecular weight is 266 g/mol. The van der Waals surface area contributed by atoms with Gasteiger partial charge in [-0.1, -0.05) is 36.9 Å². The van der Waals surface area contributed by atoms with Crippen LogP contribution in [0.25, 0.3) is 0 Å². The van der Waals surface area contributed by atoms with Crippen LogP contribution in [0.15, 0.2) is 29.3 Å². The largest absolute Gasteiger partial charge is 0.362 e. The highest BCUT2D eigenvalue weighted by atomic mass is 32.2. The molecule has 1 aromatic carbocycles. The molecule has 1 aliphatic rings. The molecule has 1 aromatic rings. The summed E-state index contributed by atoms with van der Waals surface area (Å²) in [5, 5.41) is 4.97. The monoisotopic (exact) mass is 266 g/mol. The molecule has 98 valence electrons. The topological polar surface area (TPSA) is 24.4 Å². The van der Waals surface area contributed by atoms with E-state index < -0.39 is 0 Å². The van der Waals surface area contributed by atoms with Gasteiger partial charge in [-0.3, -0.25) is 4.99 Å². The summed E-state index contributed by atoms with van der Waals surface area (Å²) < 4.78 is 13.4. The van der Waals surface area contributed by atoms with E-state index in [0.29, 0.717) is 24.3 Å². The Bertz CT molecular complexity index is 422. The lowest BCUT2D eigenvalue weighted by Crippen LogP contribution is -2.38. The first-order valence-corrected chi connectivity index (χ1v) is 7.24. The van der Waals surface area contributed by atoms with Crippen LogP contribution in [0.5, 0.6) is 0 Å². The molecule has 1 saturated heterocycles. The number of halogens is 1. The van der Waals surface area contributed by atoms with Crippen molar-refractivity contribution in [3.8, 4) is 0 Å². The van der Waals surface area contributed by atoms with E-state index in [1.165, 1.54) is 6.07 Å². The quantitative estimate of drug-likeness (QED) is 0.908. The molecular weight excluding hydrogens is 247 g/mol. The summed E-state index contributed by atoms with van der Waals surface area (Å²) in [4.78, 5) is 4.52. The van der Waals surface area contributed by atoms with E-state index in [0.717, 1.165) is 17.2 Å². The number of hydrogen-bond acceptors (Lipinski definition) is 2. The third-order valence-corrected chi connectivity index (χ3v) is 4.03. The van der Waals surface area contributed by atoms with Crippen molar-refractivity contribution in [3.63, 3.8) is 0 Å². The summed E-state index contributed by atoms with van der Waals surface area (Å²) in [5.74, 6) is -0.135. The Labute approximate surface area is 112 Å². The number of rotatable bonds is 3. The maximum Gasteiger partial charge on any atom is 0.157 e. The highest BCUT2D eigenvalue weighted by Gasteiger charge is 2.19. The Morgan fingerprint density at radius 1 is 1.39 bits per heavy atom. The van der Waals surface area contributed by atoms with E-state index in [2.05, 4.69) is 24.2 Å². The van der Waals surface area contributed by atoms with Crippen molar-refractivity contribution in [1.82, 2.24) is 5.32 Å². The van der Waals surface area contributed by atoms with Gasteiger partial charge in [-0.2, -0.15) is 0 Å². The van der Waals surface area contributed by atoms with Crippen LogP contribution in [-0.4, -0.2) is 23.0 Å². The van der Waals surface area contributed by atoms with Gasteiger partial charge in [0.1, 0.15) is 5.82 Å². The fourth-order valence-corrected chi connectivity index (χ4v) is 3.30. The smallest absolute Gasteiger partial charge is 0.157 e. The summed E-state index contributed by atoms with van der Waals surface area (Å²) in [7, 11) is 0. The van der Waals surface area contributed by atoms with Crippen molar-refractivity contribution in [1.29, 1.82) is 0 Å². The molecule has 2 nitrogen and oxygen atoms in total. The highest BCUT2D eigenvalue weighted by molar-refractivity contribution is 8.14. The normalized spacial score (nSPS) is 26.1. The van der Waals surface area contributed by atoms with Crippen LogP contribution in [0.3, 0.4) is 0 Å². The molecule has 0 aliphatic carbocycles. The fourth-order valence-electron chi connectivity index (χ4n) is 2.10. The Balaban J connectivity index is 1.89. The molecule has 2 unspecified atom stereocenters. The summed E-state index contributed by atoms with van der Waals surface area (Å²) in [6.07, 6.45) is 1.82. The van der Waals surface area contributed by atoms with Crippen molar-refractivity contribution in [2.24, 2.45) is 4.99 Å². The molecule has 1 N–H and O–H groups in total.